The molecular weight excluding hydrogens is 925 g/mol. The predicted octanol–water partition coefficient (Wildman–Crippen LogP) is 21.0. The fourth-order valence-electron chi connectivity index (χ4n) is 8.12. The van der Waals surface area contributed by atoms with Crippen molar-refractivity contribution in [3.8, 4) is 0 Å². The highest BCUT2D eigenvalue weighted by atomic mass is 16.6. The van der Waals surface area contributed by atoms with E-state index in [-0.39, 0.29) is 31.1 Å². The van der Waals surface area contributed by atoms with E-state index in [4.69, 9.17) is 14.2 Å². The van der Waals surface area contributed by atoms with Gasteiger partial charge in [0.2, 0.25) is 0 Å². The van der Waals surface area contributed by atoms with Crippen LogP contribution in [0.1, 0.15) is 265 Å². The summed E-state index contributed by atoms with van der Waals surface area (Å²) in [5, 5.41) is 0. The maximum Gasteiger partial charge on any atom is 0.306 e. The van der Waals surface area contributed by atoms with Gasteiger partial charge in [-0.1, -0.05) is 264 Å². The molecule has 0 aliphatic heterocycles. The van der Waals surface area contributed by atoms with Crippen molar-refractivity contribution in [2.24, 2.45) is 0 Å². The van der Waals surface area contributed by atoms with E-state index in [2.05, 4.69) is 154 Å². The van der Waals surface area contributed by atoms with Crippen molar-refractivity contribution < 1.29 is 28.6 Å². The summed E-state index contributed by atoms with van der Waals surface area (Å²) in [5.41, 5.74) is 0. The Morgan fingerprint density at radius 2 is 0.520 bits per heavy atom. The number of hydrogen-bond donors (Lipinski definition) is 0. The number of hydrogen-bond acceptors (Lipinski definition) is 6. The number of allylic oxidation sites excluding steroid dienone is 22. The summed E-state index contributed by atoms with van der Waals surface area (Å²) in [5.74, 6) is -0.925. The van der Waals surface area contributed by atoms with Crippen LogP contribution in [0.5, 0.6) is 0 Å². The average Bonchev–Trinajstić information content (AvgIpc) is 3.41. The summed E-state index contributed by atoms with van der Waals surface area (Å²) in [6, 6.07) is 0. The molecule has 0 spiro atoms. The summed E-state index contributed by atoms with van der Waals surface area (Å²) < 4.78 is 16.7. The van der Waals surface area contributed by atoms with Crippen LogP contribution in [0.3, 0.4) is 0 Å². The Morgan fingerprint density at radius 3 is 0.813 bits per heavy atom. The molecule has 0 N–H and O–H groups in total. The summed E-state index contributed by atoms with van der Waals surface area (Å²) in [6.07, 6.45) is 87.8. The third kappa shape index (κ3) is 60.3. The zero-order valence-electron chi connectivity index (χ0n) is 48.5. The van der Waals surface area contributed by atoms with Gasteiger partial charge in [-0.2, -0.15) is 0 Å². The quantitative estimate of drug-likeness (QED) is 0.0261. The molecule has 0 aromatic heterocycles. The first-order chi connectivity index (χ1) is 37.0. The average molecular weight is 1040 g/mol. The van der Waals surface area contributed by atoms with Gasteiger partial charge in [-0.15, -0.1) is 0 Å². The van der Waals surface area contributed by atoms with Crippen LogP contribution in [0.15, 0.2) is 134 Å². The third-order valence-electron chi connectivity index (χ3n) is 12.7. The zero-order chi connectivity index (χ0) is 54.3. The number of esters is 3. The predicted molar refractivity (Wildman–Crippen MR) is 325 cm³/mol. The normalized spacial score (nSPS) is 13.1. The van der Waals surface area contributed by atoms with E-state index in [0.717, 1.165) is 161 Å². The van der Waals surface area contributed by atoms with Gasteiger partial charge < -0.3 is 14.2 Å². The SMILES string of the molecule is CC/C=C\C/C=C\C/C=C\C/C=C\C/C=C\C/C=C\C/C=C\CCCCCCCC(=O)OCC(COC(=O)CCCCCCC)OC(=O)CCCCCCCCCCCCCC/C=C\C/C=C\C/C=C\C/C=C\CC. The molecule has 1 unspecified atom stereocenters. The minimum Gasteiger partial charge on any atom is -0.462 e. The molecule has 0 amide bonds. The standard InChI is InChI=1S/C69H112O6/c1-4-7-10-13-15-17-19-21-23-25-27-29-31-33-34-36-37-39-41-43-45-47-49-51-53-56-59-62-68(71)74-65-66(64-73-67(70)61-58-55-12-9-6-3)75-69(72)63-60-57-54-52-50-48-46-44-42-40-38-35-32-30-28-26-24-22-20-18-16-14-11-8-5-2/h7-8,10-11,15-18,21-24,27-30,33-34,37,39,43,45,66H,4-6,9,12-14,19-20,25-26,31-32,35-36,38,40-42,44,46-65H2,1-3H3/b10-7-,11-8-,17-15-,18-16-,23-21-,24-22-,29-27-,30-28-,34-33-,39-37-,45-43-. The van der Waals surface area contributed by atoms with Crippen molar-refractivity contribution >= 4 is 17.9 Å². The Bertz CT molecular complexity index is 1620. The van der Waals surface area contributed by atoms with Gasteiger partial charge in [0.1, 0.15) is 13.2 Å². The van der Waals surface area contributed by atoms with Gasteiger partial charge in [-0.25, -0.2) is 0 Å². The van der Waals surface area contributed by atoms with Crippen LogP contribution in [0.2, 0.25) is 0 Å². The Balaban J connectivity index is 4.14. The van der Waals surface area contributed by atoms with Gasteiger partial charge in [0.05, 0.1) is 0 Å². The van der Waals surface area contributed by atoms with Crippen molar-refractivity contribution in [1.82, 2.24) is 0 Å². The van der Waals surface area contributed by atoms with Gasteiger partial charge in [0.25, 0.3) is 0 Å². The second kappa shape index (κ2) is 62.1. The molecule has 424 valence electrons. The molecule has 0 aromatic carbocycles. The second-order valence-electron chi connectivity index (χ2n) is 19.9. The van der Waals surface area contributed by atoms with Crippen LogP contribution in [-0.2, 0) is 28.6 Å². The fourth-order valence-corrected chi connectivity index (χ4v) is 8.12. The maximum atomic E-state index is 12.8. The number of unbranched alkanes of at least 4 members (excludes halogenated alkanes) is 21. The monoisotopic (exact) mass is 1040 g/mol. The molecular formula is C69H112O6. The van der Waals surface area contributed by atoms with E-state index in [1.54, 1.807) is 0 Å². The van der Waals surface area contributed by atoms with Crippen LogP contribution in [0, 0.1) is 0 Å². The first kappa shape index (κ1) is 70.5. The van der Waals surface area contributed by atoms with Crippen LogP contribution in [-0.4, -0.2) is 37.2 Å². The lowest BCUT2D eigenvalue weighted by molar-refractivity contribution is -0.167. The summed E-state index contributed by atoms with van der Waals surface area (Å²) in [6.45, 7) is 6.31. The highest BCUT2D eigenvalue weighted by Gasteiger charge is 2.19. The summed E-state index contributed by atoms with van der Waals surface area (Å²) in [4.78, 5) is 37.9. The summed E-state index contributed by atoms with van der Waals surface area (Å²) in [7, 11) is 0. The molecule has 1 atom stereocenters. The first-order valence-corrected chi connectivity index (χ1v) is 30.7. The molecule has 0 bridgehead atoms. The van der Waals surface area contributed by atoms with Crippen LogP contribution < -0.4 is 0 Å². The Labute approximate surface area is 462 Å². The van der Waals surface area contributed by atoms with Crippen LogP contribution in [0.4, 0.5) is 0 Å². The minimum absolute atomic E-state index is 0.0886. The first-order valence-electron chi connectivity index (χ1n) is 30.7. The largest absolute Gasteiger partial charge is 0.462 e. The molecule has 0 saturated carbocycles. The zero-order valence-corrected chi connectivity index (χ0v) is 48.5. The Hall–Kier alpha value is -4.45. The minimum atomic E-state index is -0.789. The number of ether oxygens (including phenoxy) is 3. The van der Waals surface area contributed by atoms with E-state index >= 15 is 0 Å². The lowest BCUT2D eigenvalue weighted by Crippen LogP contribution is -2.30. The van der Waals surface area contributed by atoms with Gasteiger partial charge in [0.15, 0.2) is 6.10 Å². The molecule has 0 rings (SSSR count). The van der Waals surface area contributed by atoms with Gasteiger partial charge >= 0.3 is 17.9 Å². The van der Waals surface area contributed by atoms with E-state index in [0.29, 0.717) is 19.3 Å². The molecule has 0 saturated heterocycles. The van der Waals surface area contributed by atoms with Crippen molar-refractivity contribution in [3.05, 3.63) is 134 Å². The highest BCUT2D eigenvalue weighted by molar-refractivity contribution is 5.71. The van der Waals surface area contributed by atoms with E-state index < -0.39 is 6.10 Å². The maximum absolute atomic E-state index is 12.8. The van der Waals surface area contributed by atoms with Gasteiger partial charge in [0, 0.05) is 19.3 Å². The van der Waals surface area contributed by atoms with Crippen molar-refractivity contribution in [1.29, 1.82) is 0 Å². The van der Waals surface area contributed by atoms with Gasteiger partial charge in [-0.3, -0.25) is 14.4 Å². The van der Waals surface area contributed by atoms with Crippen LogP contribution in [0.25, 0.3) is 0 Å². The highest BCUT2D eigenvalue weighted by Crippen LogP contribution is 2.15. The molecule has 0 aromatic rings. The lowest BCUT2D eigenvalue weighted by atomic mass is 10.0. The summed E-state index contributed by atoms with van der Waals surface area (Å²) >= 11 is 0. The van der Waals surface area contributed by atoms with Gasteiger partial charge in [-0.05, 0) is 116 Å². The van der Waals surface area contributed by atoms with E-state index in [1.807, 2.05) is 0 Å². The van der Waals surface area contributed by atoms with Crippen LogP contribution >= 0.6 is 0 Å². The molecule has 0 heterocycles. The number of rotatable bonds is 54. The molecule has 0 fully saturated rings. The molecule has 0 aliphatic rings. The molecule has 75 heavy (non-hydrogen) atoms. The molecule has 0 radical (unpaired) electrons. The molecule has 6 nitrogen and oxygen atoms in total. The molecule has 6 heteroatoms. The van der Waals surface area contributed by atoms with Crippen molar-refractivity contribution in [2.75, 3.05) is 13.2 Å². The van der Waals surface area contributed by atoms with E-state index in [1.165, 1.54) is 64.2 Å². The van der Waals surface area contributed by atoms with Crippen molar-refractivity contribution in [3.63, 3.8) is 0 Å². The lowest BCUT2D eigenvalue weighted by Gasteiger charge is -2.18. The smallest absolute Gasteiger partial charge is 0.306 e. The topological polar surface area (TPSA) is 78.9 Å². The fraction of sp³-hybridized carbons (Fsp3) is 0.638. The third-order valence-corrected chi connectivity index (χ3v) is 12.7. The Kier molecular flexibility index (Phi) is 58.4. The van der Waals surface area contributed by atoms with E-state index in [9.17, 15) is 14.4 Å². The number of carbonyl (C=O) groups is 3. The second-order valence-corrected chi connectivity index (χ2v) is 19.9. The Morgan fingerprint density at radius 1 is 0.280 bits per heavy atom. The molecule has 0 aliphatic carbocycles. The van der Waals surface area contributed by atoms with Crippen molar-refractivity contribution in [2.45, 2.75) is 271 Å². The number of carbonyl (C=O) groups excluding carboxylic acids is 3.